The van der Waals surface area contributed by atoms with Gasteiger partial charge in [-0.25, -0.2) is 28.8 Å². The number of aliphatic carboxylic acids is 2. The summed E-state index contributed by atoms with van der Waals surface area (Å²) in [6.45, 7) is 3.12. The number of unbranched alkanes of at least 4 members (excludes halogenated alkanes) is 11. The largest absolute Gasteiger partial charge is 0.519 e. The molecule has 0 spiro atoms. The van der Waals surface area contributed by atoms with E-state index in [0.29, 0.717) is 12.8 Å². The van der Waals surface area contributed by atoms with E-state index in [0.717, 1.165) is 64.9 Å². The van der Waals surface area contributed by atoms with Crippen LogP contribution < -0.4 is 75.9 Å². The molecule has 11 amide bonds. The van der Waals surface area contributed by atoms with Gasteiger partial charge in [-0.15, -0.1) is 11.6 Å². The fourth-order valence-corrected chi connectivity index (χ4v) is 10.5. The molecule has 1 aliphatic rings. The van der Waals surface area contributed by atoms with Gasteiger partial charge in [0.2, 0.25) is 47.3 Å². The number of amides is 11. The molecule has 19 N–H and O–H groups in total. The number of aliphatic hydroxyl groups is 4. The molecule has 1 fully saturated rings. The number of halogens is 1. The summed E-state index contributed by atoms with van der Waals surface area (Å²) in [7, 11) is 0. The fraction of sp³-hybridized carbons (Fsp3) is 0.662. The monoisotopic (exact) mass is 1550 g/mol. The molecule has 1 aliphatic heterocycles. The second-order valence-corrected chi connectivity index (χ2v) is 25.2. The number of nitrogens with one attached hydrogen (secondary N) is 11. The zero-order valence-electron chi connectivity index (χ0n) is 59.9. The maximum Gasteiger partial charge on any atom is 0.519 e. The molecule has 0 unspecified atom stereocenters. The van der Waals surface area contributed by atoms with Gasteiger partial charge in [-0.05, 0) is 72.8 Å². The summed E-state index contributed by atoms with van der Waals surface area (Å²) in [5.41, 5.74) is 4.98. The SMILES string of the molecule is C/C=C1\NC(=O)[C@H]([C@H](C)O)NC(=O)[C@H](CCN)NC(=O)[C@H](CCCCNC(=O)OCc2oc(=O)oc2C)NC(=O)[C@H](CC(=O)O)NC(=O)[C@@H](CCNC(=O)OCc2oc(=O)oc2C)NC(=O)[C@@H](NC(=O)C[C@H](O)CCCCCCCCCCCCC)COC(=O)[C@H]([C@H](O)CCl)NC(=O)[C@H]([C@H](O)C(=O)O)NC1=O. The van der Waals surface area contributed by atoms with Crippen molar-refractivity contribution in [2.24, 2.45) is 5.73 Å². The Balaban J connectivity index is 2.22. The number of carboxylic acids is 2. The molecule has 3 heterocycles. The number of ether oxygens (including phenoxy) is 3. The van der Waals surface area contributed by atoms with E-state index in [9.17, 15) is 107 Å². The van der Waals surface area contributed by atoms with Gasteiger partial charge < -0.3 is 127 Å². The Bertz CT molecular complexity index is 3460. The van der Waals surface area contributed by atoms with Crippen LogP contribution in [0.15, 0.2) is 39.0 Å². The highest BCUT2D eigenvalue weighted by Crippen LogP contribution is 2.16. The maximum absolute atomic E-state index is 14.7. The van der Waals surface area contributed by atoms with E-state index in [1.54, 1.807) is 0 Å². The standard InChI is InChI=1S/C65H99ClN12O29/c1-6-8-9-10-11-12-13-14-15-16-17-20-36(80)27-46(82)70-42-30-101-61(96)49(43(81)29-66)77-59(93)50(51(85)60(94)95)78-52(86)37(7-2)71-58(92)48(33(3)79)76-55(89)39(22-24-67)73-53(87)38(21-18-19-25-68-62(97)102-31-44-34(4)104-64(99)106-44)72-56(90)41(28-47(83)84)75-54(88)40(74-57(42)91)23-26-69-63(98)103-32-45-35(5)105-65(100)107-45/h7,33,36,38-43,48-51,79-81,85H,6,8-32,67H2,1-5H3,(H,68,97)(H,69,98)(H,70,82)(H,71,92)(H,72,90)(H,73,87)(H,74,91)(H,75,88)(H,76,89)(H,77,93)(H,78,86)(H,83,84)(H,94,95)/b37-7-/t33-,36+,38-,39-,40+,41-,42-,43+,48-,49-,50-,51-/m0/s1. The zero-order valence-corrected chi connectivity index (χ0v) is 60.7. The number of carboxylic acid groups (broad SMARTS) is 2. The van der Waals surface area contributed by atoms with Crippen LogP contribution in [0, 0.1) is 13.8 Å². The van der Waals surface area contributed by atoms with Crippen LogP contribution in [-0.2, 0) is 85.0 Å². The lowest BCUT2D eigenvalue weighted by atomic mass is 10.0. The molecule has 0 saturated carbocycles. The van der Waals surface area contributed by atoms with Crippen LogP contribution in [0.1, 0.15) is 166 Å². The van der Waals surface area contributed by atoms with Gasteiger partial charge in [0.15, 0.2) is 48.4 Å². The molecule has 3 rings (SSSR count). The summed E-state index contributed by atoms with van der Waals surface area (Å²) in [4.78, 5) is 216. The van der Waals surface area contributed by atoms with Crippen molar-refractivity contribution in [2.75, 3.05) is 32.1 Å². The third kappa shape index (κ3) is 33.6. The number of allylic oxidation sites excluding steroid dienone is 1. The van der Waals surface area contributed by atoms with Crippen molar-refractivity contribution in [3.05, 3.63) is 56.0 Å². The molecule has 107 heavy (non-hydrogen) atoms. The first-order chi connectivity index (χ1) is 50.7. The fourth-order valence-electron chi connectivity index (χ4n) is 10.3. The van der Waals surface area contributed by atoms with Crippen LogP contribution in [0.3, 0.4) is 0 Å². The summed E-state index contributed by atoms with van der Waals surface area (Å²) < 4.78 is 34.6. The van der Waals surface area contributed by atoms with Crippen molar-refractivity contribution in [1.82, 2.24) is 58.5 Å². The van der Waals surface area contributed by atoms with Gasteiger partial charge in [0, 0.05) is 13.1 Å². The first-order valence-corrected chi connectivity index (χ1v) is 35.3. The Morgan fingerprint density at radius 1 is 0.589 bits per heavy atom. The van der Waals surface area contributed by atoms with Crippen molar-refractivity contribution < 1.29 is 130 Å². The molecule has 0 aromatic carbocycles. The van der Waals surface area contributed by atoms with Gasteiger partial charge in [-0.1, -0.05) is 83.6 Å². The Labute approximate surface area is 617 Å². The highest BCUT2D eigenvalue weighted by atomic mass is 35.5. The van der Waals surface area contributed by atoms with Crippen molar-refractivity contribution in [3.63, 3.8) is 0 Å². The van der Waals surface area contributed by atoms with Crippen LogP contribution in [0.25, 0.3) is 0 Å². The number of rotatable bonds is 36. The van der Waals surface area contributed by atoms with Crippen LogP contribution in [0.5, 0.6) is 0 Å². The van der Waals surface area contributed by atoms with E-state index < -0.39 is 244 Å². The number of nitrogens with two attached hydrogens (primary N) is 1. The third-order valence-electron chi connectivity index (χ3n) is 16.3. The van der Waals surface area contributed by atoms with Gasteiger partial charge in [0.25, 0.3) is 5.91 Å². The molecular formula is C65H99ClN12O29. The van der Waals surface area contributed by atoms with E-state index in [4.69, 9.17) is 49.2 Å². The van der Waals surface area contributed by atoms with Gasteiger partial charge >= 0.3 is 41.7 Å². The second-order valence-electron chi connectivity index (χ2n) is 24.9. The summed E-state index contributed by atoms with van der Waals surface area (Å²) >= 11 is 5.92. The number of alkyl carbamates (subject to hydrolysis) is 2. The normalized spacial score (nSPS) is 21.5. The Morgan fingerprint density at radius 2 is 1.08 bits per heavy atom. The number of hydrogen-bond donors (Lipinski definition) is 18. The molecule has 42 heteroatoms. The van der Waals surface area contributed by atoms with Crippen LogP contribution >= 0.6 is 11.6 Å². The minimum Gasteiger partial charge on any atom is -0.481 e. The van der Waals surface area contributed by atoms with E-state index in [2.05, 4.69) is 54.8 Å². The molecule has 41 nitrogen and oxygen atoms in total. The smallest absolute Gasteiger partial charge is 0.481 e. The van der Waals surface area contributed by atoms with Crippen molar-refractivity contribution >= 4 is 94.9 Å². The summed E-state index contributed by atoms with van der Waals surface area (Å²) in [5.74, 6) is -21.9. The molecule has 0 bridgehead atoms. The average Bonchev–Trinajstić information content (AvgIpc) is 1.73. The molecule has 0 aliphatic carbocycles. The van der Waals surface area contributed by atoms with Crippen molar-refractivity contribution in [1.29, 1.82) is 0 Å². The number of esters is 1. The van der Waals surface area contributed by atoms with Crippen LogP contribution in [-0.4, -0.2) is 219 Å². The second kappa shape index (κ2) is 48.3. The van der Waals surface area contributed by atoms with E-state index >= 15 is 0 Å². The third-order valence-corrected chi connectivity index (χ3v) is 16.6. The highest BCUT2D eigenvalue weighted by molar-refractivity contribution is 6.18. The topological polar surface area (TPSA) is 633 Å². The number of cyclic esters (lactones) is 1. The van der Waals surface area contributed by atoms with Crippen LogP contribution in [0.4, 0.5) is 9.59 Å². The molecule has 1 saturated heterocycles. The Kier molecular flexibility index (Phi) is 41.2. The number of carbonyl (C=O) groups excluding carboxylic acids is 12. The van der Waals surface area contributed by atoms with E-state index in [-0.39, 0.29) is 48.8 Å². The van der Waals surface area contributed by atoms with Gasteiger partial charge in [-0.2, -0.15) is 0 Å². The molecule has 12 atom stereocenters. The maximum atomic E-state index is 14.7. The van der Waals surface area contributed by atoms with Crippen molar-refractivity contribution in [2.45, 2.75) is 243 Å². The van der Waals surface area contributed by atoms with Gasteiger partial charge in [0.05, 0.1) is 37.0 Å². The number of carbonyl (C=O) groups is 14. The minimum absolute atomic E-state index is 0.0269. The quantitative estimate of drug-likeness (QED) is 0.0108. The predicted molar refractivity (Wildman–Crippen MR) is 367 cm³/mol. The highest BCUT2D eigenvalue weighted by Gasteiger charge is 2.41. The lowest BCUT2D eigenvalue weighted by Gasteiger charge is -2.28. The average molecular weight is 1550 g/mol. The lowest BCUT2D eigenvalue weighted by molar-refractivity contribution is -0.155. The van der Waals surface area contributed by atoms with E-state index in [1.165, 1.54) is 26.7 Å². The number of aliphatic hydroxyl groups excluding tert-OH is 4. The van der Waals surface area contributed by atoms with Crippen molar-refractivity contribution in [3.8, 4) is 0 Å². The predicted octanol–water partition coefficient (Wildman–Crippen LogP) is -2.73. The molecule has 2 aromatic rings. The lowest BCUT2D eigenvalue weighted by Crippen LogP contribution is -2.62. The molecular weight excluding hydrogens is 1450 g/mol. The van der Waals surface area contributed by atoms with Gasteiger partial charge in [0.1, 0.15) is 54.6 Å². The molecule has 0 radical (unpaired) electrons. The van der Waals surface area contributed by atoms with Crippen LogP contribution in [0.2, 0.25) is 0 Å². The molecule has 2 aromatic heterocycles. The summed E-state index contributed by atoms with van der Waals surface area (Å²) in [6.07, 6.45) is -2.79. The summed E-state index contributed by atoms with van der Waals surface area (Å²) in [5, 5.41) is 87.7. The number of alkyl halides is 1. The zero-order chi connectivity index (χ0) is 79.9. The molecule has 600 valence electrons. The summed E-state index contributed by atoms with van der Waals surface area (Å²) in [6, 6.07) is -17.3. The number of hydrogen-bond acceptors (Lipinski definition) is 28. The minimum atomic E-state index is -2.91. The Hall–Kier alpha value is -9.97. The van der Waals surface area contributed by atoms with E-state index in [1.807, 2.05) is 10.6 Å². The van der Waals surface area contributed by atoms with Gasteiger partial charge in [-0.3, -0.25) is 47.9 Å². The number of aryl methyl sites for hydroxylation is 2. The first-order valence-electron chi connectivity index (χ1n) is 34.7. The Morgan fingerprint density at radius 3 is 1.59 bits per heavy atom. The first kappa shape index (κ1) is 91.2.